The predicted molar refractivity (Wildman–Crippen MR) is 37.0 cm³/mol. The normalized spacial score (nSPS) is 9.17. The number of nitrogens with zero attached hydrogens (tertiary/aromatic N) is 4. The molecule has 0 atom stereocenters. The molecule has 0 saturated carbocycles. The zero-order valence-corrected chi connectivity index (χ0v) is 5.91. The molecule has 1 aromatic heterocycles. The van der Waals surface area contributed by atoms with E-state index in [0.717, 1.165) is 6.20 Å². The maximum absolute atomic E-state index is 12.7. The summed E-state index contributed by atoms with van der Waals surface area (Å²) in [5.41, 5.74) is 7.91. The molecule has 0 N–H and O–H groups in total. The van der Waals surface area contributed by atoms with Gasteiger partial charge in [0.2, 0.25) is 5.95 Å². The molecule has 0 amide bonds. The zero-order valence-electron chi connectivity index (χ0n) is 5.91. The summed E-state index contributed by atoms with van der Waals surface area (Å²) < 4.78 is 25.1. The van der Waals surface area contributed by atoms with Crippen LogP contribution in [0.1, 0.15) is 5.56 Å². The van der Waals surface area contributed by atoms with Gasteiger partial charge in [-0.05, 0) is 17.2 Å². The fourth-order valence-corrected chi connectivity index (χ4v) is 0.685. The molecule has 4 nitrogen and oxygen atoms in total. The first-order valence-corrected chi connectivity index (χ1v) is 3.05. The van der Waals surface area contributed by atoms with Crippen LogP contribution in [0.4, 0.5) is 8.78 Å². The lowest BCUT2D eigenvalue weighted by Gasteiger charge is -1.96. The van der Waals surface area contributed by atoms with Crippen molar-refractivity contribution < 1.29 is 8.78 Å². The summed E-state index contributed by atoms with van der Waals surface area (Å²) in [5, 5.41) is 3.09. The lowest BCUT2D eigenvalue weighted by molar-refractivity contribution is 0.471. The molecule has 6 heteroatoms. The quantitative estimate of drug-likeness (QED) is 0.290. The van der Waals surface area contributed by atoms with Crippen LogP contribution in [0.25, 0.3) is 10.4 Å². The summed E-state index contributed by atoms with van der Waals surface area (Å²) in [7, 11) is 0. The Morgan fingerprint density at radius 3 is 3.00 bits per heavy atom. The second-order valence-electron chi connectivity index (χ2n) is 1.96. The van der Waals surface area contributed by atoms with Crippen LogP contribution in [0.2, 0.25) is 0 Å². The molecule has 12 heavy (non-hydrogen) atoms. The maximum Gasteiger partial charge on any atom is 0.249 e. The van der Waals surface area contributed by atoms with Crippen molar-refractivity contribution in [3.63, 3.8) is 0 Å². The van der Waals surface area contributed by atoms with Gasteiger partial charge in [0.25, 0.3) is 0 Å². The topological polar surface area (TPSA) is 61.7 Å². The SMILES string of the molecule is [N-]=[N+]=NCc1ccnc(F)c1F. The Labute approximate surface area is 66.5 Å². The van der Waals surface area contributed by atoms with Crippen LogP contribution in [-0.4, -0.2) is 4.98 Å². The molecule has 0 spiro atoms. The molecule has 62 valence electrons. The Balaban J connectivity index is 2.99. The fraction of sp³-hybridized carbons (Fsp3) is 0.167. The Morgan fingerprint density at radius 2 is 2.33 bits per heavy atom. The lowest BCUT2D eigenvalue weighted by Crippen LogP contribution is -1.94. The summed E-state index contributed by atoms with van der Waals surface area (Å²) in [6.45, 7) is -0.207. The molecule has 1 aromatic rings. The van der Waals surface area contributed by atoms with Crippen LogP contribution in [0, 0.1) is 11.8 Å². The minimum absolute atomic E-state index is 0.000278. The third kappa shape index (κ3) is 1.67. The van der Waals surface area contributed by atoms with Crippen LogP contribution in [0.15, 0.2) is 17.4 Å². The molecule has 0 aliphatic heterocycles. The van der Waals surface area contributed by atoms with E-state index in [-0.39, 0.29) is 12.1 Å². The number of halogens is 2. The van der Waals surface area contributed by atoms with Gasteiger partial charge in [0.15, 0.2) is 5.82 Å². The minimum atomic E-state index is -1.18. The molecule has 0 saturated heterocycles. The van der Waals surface area contributed by atoms with Crippen LogP contribution < -0.4 is 0 Å². The van der Waals surface area contributed by atoms with E-state index < -0.39 is 11.8 Å². The van der Waals surface area contributed by atoms with Gasteiger partial charge in [-0.3, -0.25) is 0 Å². The van der Waals surface area contributed by atoms with E-state index in [1.54, 1.807) is 0 Å². The number of rotatable bonds is 2. The van der Waals surface area contributed by atoms with Gasteiger partial charge in [0.1, 0.15) is 0 Å². The van der Waals surface area contributed by atoms with Crippen molar-refractivity contribution in [1.29, 1.82) is 0 Å². The molecule has 0 unspecified atom stereocenters. The summed E-state index contributed by atoms with van der Waals surface area (Å²) >= 11 is 0. The van der Waals surface area contributed by atoms with Gasteiger partial charge in [-0.15, -0.1) is 0 Å². The summed E-state index contributed by atoms with van der Waals surface area (Å²) in [4.78, 5) is 5.49. The van der Waals surface area contributed by atoms with Crippen molar-refractivity contribution in [2.24, 2.45) is 5.11 Å². The Bertz CT molecular complexity index is 332. The summed E-state index contributed by atoms with van der Waals surface area (Å²) in [6, 6.07) is 1.26. The highest BCUT2D eigenvalue weighted by Crippen LogP contribution is 2.09. The maximum atomic E-state index is 12.7. The largest absolute Gasteiger partial charge is 0.249 e. The minimum Gasteiger partial charge on any atom is -0.226 e. The Morgan fingerprint density at radius 1 is 1.58 bits per heavy atom. The molecule has 0 aliphatic rings. The van der Waals surface area contributed by atoms with E-state index in [1.807, 2.05) is 0 Å². The molecule has 0 fully saturated rings. The van der Waals surface area contributed by atoms with Crippen molar-refractivity contribution in [3.05, 3.63) is 40.0 Å². The van der Waals surface area contributed by atoms with Gasteiger partial charge >= 0.3 is 0 Å². The summed E-state index contributed by atoms with van der Waals surface area (Å²) in [6.07, 6.45) is 1.11. The van der Waals surface area contributed by atoms with Crippen LogP contribution in [0.3, 0.4) is 0 Å². The Hall–Kier alpha value is -1.68. The number of hydrogen-bond acceptors (Lipinski definition) is 2. The number of pyridine rings is 1. The first-order chi connectivity index (χ1) is 5.75. The number of aromatic nitrogens is 1. The van der Waals surface area contributed by atoms with Gasteiger partial charge < -0.3 is 0 Å². The molecule has 0 radical (unpaired) electrons. The third-order valence-corrected chi connectivity index (χ3v) is 1.23. The van der Waals surface area contributed by atoms with Gasteiger partial charge in [0, 0.05) is 11.1 Å². The van der Waals surface area contributed by atoms with Gasteiger partial charge in [-0.1, -0.05) is 5.11 Å². The van der Waals surface area contributed by atoms with Gasteiger partial charge in [-0.25, -0.2) is 9.37 Å². The lowest BCUT2D eigenvalue weighted by atomic mass is 10.2. The van der Waals surface area contributed by atoms with E-state index in [1.165, 1.54) is 6.07 Å². The molecular weight excluding hydrogens is 166 g/mol. The van der Waals surface area contributed by atoms with Crippen LogP contribution in [0.5, 0.6) is 0 Å². The summed E-state index contributed by atoms with van der Waals surface area (Å²) in [5.74, 6) is -2.24. The average Bonchev–Trinajstić information content (AvgIpc) is 2.08. The molecule has 1 heterocycles. The van der Waals surface area contributed by atoms with Crippen molar-refractivity contribution >= 4 is 0 Å². The van der Waals surface area contributed by atoms with Crippen molar-refractivity contribution in [2.45, 2.75) is 6.54 Å². The van der Waals surface area contributed by atoms with E-state index in [9.17, 15) is 8.78 Å². The average molecular weight is 170 g/mol. The van der Waals surface area contributed by atoms with Crippen molar-refractivity contribution in [3.8, 4) is 0 Å². The third-order valence-electron chi connectivity index (χ3n) is 1.23. The smallest absolute Gasteiger partial charge is 0.226 e. The molecule has 0 aromatic carbocycles. The van der Waals surface area contributed by atoms with E-state index in [4.69, 9.17) is 5.53 Å². The highest BCUT2D eigenvalue weighted by molar-refractivity contribution is 5.13. The number of hydrogen-bond donors (Lipinski definition) is 0. The fourth-order valence-electron chi connectivity index (χ4n) is 0.685. The van der Waals surface area contributed by atoms with Crippen LogP contribution >= 0.6 is 0 Å². The number of azide groups is 1. The van der Waals surface area contributed by atoms with E-state index >= 15 is 0 Å². The monoisotopic (exact) mass is 170 g/mol. The van der Waals surface area contributed by atoms with Crippen molar-refractivity contribution in [1.82, 2.24) is 4.98 Å². The van der Waals surface area contributed by atoms with E-state index in [2.05, 4.69) is 15.0 Å². The van der Waals surface area contributed by atoms with Crippen LogP contribution in [-0.2, 0) is 6.54 Å². The highest BCUT2D eigenvalue weighted by atomic mass is 19.2. The predicted octanol–water partition coefficient (Wildman–Crippen LogP) is 2.17. The molecule has 0 aliphatic carbocycles. The van der Waals surface area contributed by atoms with Gasteiger partial charge in [-0.2, -0.15) is 4.39 Å². The second-order valence-corrected chi connectivity index (χ2v) is 1.96. The standard InChI is InChI=1S/C6H4F2N4/c7-5-4(3-11-12-9)1-2-10-6(5)8/h1-2H,3H2. The molecule has 0 bridgehead atoms. The van der Waals surface area contributed by atoms with E-state index in [0.29, 0.717) is 0 Å². The van der Waals surface area contributed by atoms with Crippen molar-refractivity contribution in [2.75, 3.05) is 0 Å². The van der Waals surface area contributed by atoms with Gasteiger partial charge in [0.05, 0.1) is 6.54 Å². The molecule has 1 rings (SSSR count). The first kappa shape index (κ1) is 8.42. The zero-order chi connectivity index (χ0) is 8.97. The first-order valence-electron chi connectivity index (χ1n) is 3.05. The molecular formula is C6H4F2N4. The second kappa shape index (κ2) is 3.64. The highest BCUT2D eigenvalue weighted by Gasteiger charge is 2.06. The Kier molecular flexibility index (Phi) is 2.55.